The number of carbonyl (C=O) groups excluding carboxylic acids is 1. The summed E-state index contributed by atoms with van der Waals surface area (Å²) in [5, 5.41) is -0.266. The van der Waals surface area contributed by atoms with Gasteiger partial charge in [0.15, 0.2) is 11.6 Å². The summed E-state index contributed by atoms with van der Waals surface area (Å²) >= 11 is 5.72. The number of rotatable bonds is 6. The lowest BCUT2D eigenvalue weighted by Crippen LogP contribution is -2.30. The van der Waals surface area contributed by atoms with Crippen LogP contribution in [0.25, 0.3) is 0 Å². The maximum atomic E-state index is 14.1. The van der Waals surface area contributed by atoms with Crippen molar-refractivity contribution in [2.75, 3.05) is 6.26 Å². The van der Waals surface area contributed by atoms with Gasteiger partial charge < -0.3 is 9.47 Å². The third-order valence-electron chi connectivity index (χ3n) is 2.89. The Labute approximate surface area is 155 Å². The summed E-state index contributed by atoms with van der Waals surface area (Å²) in [7, 11) is -3.98. The molecule has 0 radical (unpaired) electrons. The van der Waals surface area contributed by atoms with E-state index < -0.39 is 45.5 Å². The molecule has 1 N–H and O–H groups in total. The van der Waals surface area contributed by atoms with E-state index in [4.69, 9.17) is 16.3 Å². The van der Waals surface area contributed by atoms with E-state index in [1.807, 2.05) is 0 Å². The van der Waals surface area contributed by atoms with E-state index in [0.717, 1.165) is 18.2 Å². The van der Waals surface area contributed by atoms with Crippen molar-refractivity contribution in [3.63, 3.8) is 0 Å². The van der Waals surface area contributed by atoms with Crippen LogP contribution in [0.2, 0.25) is 5.02 Å². The van der Waals surface area contributed by atoms with Gasteiger partial charge in [0.05, 0.1) is 16.8 Å². The van der Waals surface area contributed by atoms with Crippen LogP contribution in [0.15, 0.2) is 30.3 Å². The number of hydrogen-bond acceptors (Lipinski definition) is 5. The molecule has 0 aliphatic rings. The molecule has 2 rings (SSSR count). The number of halogens is 5. The molecule has 146 valence electrons. The zero-order chi connectivity index (χ0) is 20.4. The van der Waals surface area contributed by atoms with Gasteiger partial charge in [-0.2, -0.15) is 8.78 Å². The quantitative estimate of drug-likeness (QED) is 0.711. The fourth-order valence-electron chi connectivity index (χ4n) is 1.87. The number of nitrogens with one attached hydrogen (secondary N) is 1. The van der Waals surface area contributed by atoms with Crippen LogP contribution < -0.4 is 14.2 Å². The molecule has 0 aliphatic heterocycles. The molecule has 0 saturated heterocycles. The standard InChI is InChI=1S/C15H10ClF4NO5S/c1-27(23,24)21-14(22)8-5-11(18)13(6-10(8)17)25-7-2-3-12(9(16)4-7)26-15(19)20/h2-6,15H,1H3,(H,21,22). The maximum Gasteiger partial charge on any atom is 0.387 e. The number of sulfonamides is 1. The van der Waals surface area contributed by atoms with Crippen molar-refractivity contribution in [3.05, 3.63) is 52.6 Å². The Hall–Kier alpha value is -2.53. The molecule has 0 atom stereocenters. The van der Waals surface area contributed by atoms with Crippen molar-refractivity contribution in [2.45, 2.75) is 6.61 Å². The second-order valence-corrected chi connectivity index (χ2v) is 7.19. The van der Waals surface area contributed by atoms with Crippen LogP contribution in [0.4, 0.5) is 17.6 Å². The molecule has 1 amide bonds. The lowest BCUT2D eigenvalue weighted by molar-refractivity contribution is -0.0498. The highest BCUT2D eigenvalue weighted by Gasteiger charge is 2.20. The average Bonchev–Trinajstić information content (AvgIpc) is 2.51. The summed E-state index contributed by atoms with van der Waals surface area (Å²) in [6.45, 7) is -3.11. The number of hydrogen-bond donors (Lipinski definition) is 1. The highest BCUT2D eigenvalue weighted by Crippen LogP contribution is 2.33. The van der Waals surface area contributed by atoms with Gasteiger partial charge >= 0.3 is 6.61 Å². The second kappa shape index (κ2) is 8.01. The lowest BCUT2D eigenvalue weighted by atomic mass is 10.2. The van der Waals surface area contributed by atoms with Crippen molar-refractivity contribution >= 4 is 27.5 Å². The molecule has 2 aromatic carbocycles. The van der Waals surface area contributed by atoms with E-state index in [1.54, 1.807) is 0 Å². The summed E-state index contributed by atoms with van der Waals surface area (Å²) in [6, 6.07) is 4.14. The van der Waals surface area contributed by atoms with Gasteiger partial charge in [-0.25, -0.2) is 21.9 Å². The number of carbonyl (C=O) groups is 1. The van der Waals surface area contributed by atoms with Crippen LogP contribution in [-0.4, -0.2) is 27.2 Å². The molecule has 2 aromatic rings. The van der Waals surface area contributed by atoms with E-state index in [1.165, 1.54) is 4.72 Å². The number of amides is 1. The first-order valence-electron chi connectivity index (χ1n) is 6.89. The maximum absolute atomic E-state index is 14.1. The van der Waals surface area contributed by atoms with Crippen LogP contribution in [-0.2, 0) is 10.0 Å². The monoisotopic (exact) mass is 427 g/mol. The van der Waals surface area contributed by atoms with E-state index in [9.17, 15) is 30.8 Å². The summed E-state index contributed by atoms with van der Waals surface area (Å²) in [5.74, 6) is -4.93. The fraction of sp³-hybridized carbons (Fsp3) is 0.133. The Kier molecular flexibility index (Phi) is 6.16. The first kappa shape index (κ1) is 20.8. The summed E-state index contributed by atoms with van der Waals surface area (Å²) in [6.07, 6.45) is 0.668. The third kappa shape index (κ3) is 5.73. The highest BCUT2D eigenvalue weighted by atomic mass is 35.5. The van der Waals surface area contributed by atoms with Crippen molar-refractivity contribution in [2.24, 2.45) is 0 Å². The Balaban J connectivity index is 2.26. The molecular formula is C15H10ClF4NO5S. The number of benzene rings is 2. The van der Waals surface area contributed by atoms with Crippen LogP contribution in [0.5, 0.6) is 17.2 Å². The van der Waals surface area contributed by atoms with Gasteiger partial charge in [-0.3, -0.25) is 4.79 Å². The predicted molar refractivity (Wildman–Crippen MR) is 86.8 cm³/mol. The van der Waals surface area contributed by atoms with Crippen LogP contribution in [0.3, 0.4) is 0 Å². The molecule has 0 fully saturated rings. The Morgan fingerprint density at radius 3 is 2.33 bits per heavy atom. The lowest BCUT2D eigenvalue weighted by Gasteiger charge is -2.11. The topological polar surface area (TPSA) is 81.7 Å². The average molecular weight is 428 g/mol. The Bertz CT molecular complexity index is 984. The molecule has 0 aliphatic carbocycles. The van der Waals surface area contributed by atoms with E-state index >= 15 is 0 Å². The van der Waals surface area contributed by atoms with Crippen molar-refractivity contribution in [3.8, 4) is 17.2 Å². The van der Waals surface area contributed by atoms with Crippen molar-refractivity contribution in [1.82, 2.24) is 4.72 Å². The molecule has 0 unspecified atom stereocenters. The van der Waals surface area contributed by atoms with E-state index in [2.05, 4.69) is 4.74 Å². The number of ether oxygens (including phenoxy) is 2. The first-order valence-corrected chi connectivity index (χ1v) is 9.16. The van der Waals surface area contributed by atoms with Gasteiger partial charge in [-0.1, -0.05) is 11.6 Å². The highest BCUT2D eigenvalue weighted by molar-refractivity contribution is 7.89. The molecule has 6 nitrogen and oxygen atoms in total. The summed E-state index contributed by atoms with van der Waals surface area (Å²) in [4.78, 5) is 11.6. The largest absolute Gasteiger partial charge is 0.454 e. The molecule has 0 saturated carbocycles. The minimum Gasteiger partial charge on any atom is -0.454 e. The van der Waals surface area contributed by atoms with E-state index in [-0.39, 0.29) is 16.5 Å². The van der Waals surface area contributed by atoms with Gasteiger partial charge in [0.25, 0.3) is 5.91 Å². The minimum absolute atomic E-state index is 0.131. The molecule has 0 aromatic heterocycles. The smallest absolute Gasteiger partial charge is 0.387 e. The Morgan fingerprint density at radius 1 is 1.11 bits per heavy atom. The van der Waals surface area contributed by atoms with E-state index in [0.29, 0.717) is 18.4 Å². The molecular weight excluding hydrogens is 418 g/mol. The van der Waals surface area contributed by atoms with Gasteiger partial charge in [-0.15, -0.1) is 0 Å². The molecule has 27 heavy (non-hydrogen) atoms. The SMILES string of the molecule is CS(=O)(=O)NC(=O)c1cc(F)c(Oc2ccc(OC(F)F)c(Cl)c2)cc1F. The molecule has 0 spiro atoms. The van der Waals surface area contributed by atoms with Gasteiger partial charge in [0.2, 0.25) is 10.0 Å². The zero-order valence-electron chi connectivity index (χ0n) is 13.3. The third-order valence-corrected chi connectivity index (χ3v) is 3.74. The summed E-state index contributed by atoms with van der Waals surface area (Å²) in [5.41, 5.74) is -0.857. The van der Waals surface area contributed by atoms with Gasteiger partial charge in [-0.05, 0) is 18.2 Å². The normalized spacial score (nSPS) is 11.4. The predicted octanol–water partition coefficient (Wildman–Crippen LogP) is 3.70. The van der Waals surface area contributed by atoms with Crippen molar-refractivity contribution in [1.29, 1.82) is 0 Å². The second-order valence-electron chi connectivity index (χ2n) is 5.04. The van der Waals surface area contributed by atoms with Crippen molar-refractivity contribution < 1.29 is 40.2 Å². The van der Waals surface area contributed by atoms with Crippen LogP contribution in [0.1, 0.15) is 10.4 Å². The fourth-order valence-corrected chi connectivity index (χ4v) is 2.53. The van der Waals surface area contributed by atoms with Gasteiger partial charge in [0.1, 0.15) is 17.3 Å². The minimum atomic E-state index is -3.98. The van der Waals surface area contributed by atoms with Crippen LogP contribution >= 0.6 is 11.6 Å². The zero-order valence-corrected chi connectivity index (χ0v) is 14.9. The first-order chi connectivity index (χ1) is 12.5. The van der Waals surface area contributed by atoms with Gasteiger partial charge in [0, 0.05) is 12.1 Å². The number of alkyl halides is 2. The molecule has 0 bridgehead atoms. The summed E-state index contributed by atoms with van der Waals surface area (Å²) < 4.78 is 85.2. The molecule has 0 heterocycles. The van der Waals surface area contributed by atoms with Crippen LogP contribution in [0, 0.1) is 11.6 Å². The Morgan fingerprint density at radius 2 is 1.78 bits per heavy atom. The molecule has 12 heteroatoms.